The molecule has 2 nitrogen and oxygen atoms in total. The van der Waals surface area contributed by atoms with Gasteiger partial charge in [-0.05, 0) is 36.8 Å². The molecule has 6 heteroatoms. The molecule has 0 saturated carbocycles. The number of halogens is 4. The maximum atomic E-state index is 12.7. The number of aryl methyl sites for hydroxylation is 1. The summed E-state index contributed by atoms with van der Waals surface area (Å²) >= 11 is 5.97. The van der Waals surface area contributed by atoms with Crippen molar-refractivity contribution in [2.45, 2.75) is 20.0 Å². The molecule has 0 fully saturated rings. The number of alkyl halides is 3. The predicted molar refractivity (Wildman–Crippen MR) is 71.0 cm³/mol. The molecule has 0 spiro atoms. The van der Waals surface area contributed by atoms with Crippen LogP contribution >= 0.6 is 11.6 Å². The minimum absolute atomic E-state index is 0.192. The van der Waals surface area contributed by atoms with Crippen LogP contribution in [-0.4, -0.2) is 10.8 Å². The van der Waals surface area contributed by atoms with E-state index in [-0.39, 0.29) is 16.4 Å². The molecule has 0 bridgehead atoms. The average molecular weight is 302 g/mol. The average Bonchev–Trinajstić information content (AvgIpc) is 2.70. The van der Waals surface area contributed by atoms with Crippen LogP contribution in [0.3, 0.4) is 0 Å². The van der Waals surface area contributed by atoms with E-state index in [0.29, 0.717) is 17.0 Å². The molecule has 0 aliphatic heterocycles. The van der Waals surface area contributed by atoms with E-state index in [1.807, 2.05) is 0 Å². The van der Waals surface area contributed by atoms with E-state index >= 15 is 0 Å². The molecule has 0 amide bonds. The molecule has 20 heavy (non-hydrogen) atoms. The molecule has 1 heterocycles. The maximum Gasteiger partial charge on any atom is 0.416 e. The summed E-state index contributed by atoms with van der Waals surface area (Å²) in [6, 6.07) is 4.70. The number of carbonyl (C=O) groups excluding carboxylic acids is 1. The fourth-order valence-corrected chi connectivity index (χ4v) is 2.13. The van der Waals surface area contributed by atoms with Gasteiger partial charge in [0.2, 0.25) is 0 Å². The molecule has 2 aromatic rings. The van der Waals surface area contributed by atoms with E-state index in [4.69, 9.17) is 11.6 Å². The quantitative estimate of drug-likeness (QED) is 0.789. The number of hydrogen-bond donors (Lipinski definition) is 1. The van der Waals surface area contributed by atoms with E-state index in [2.05, 4.69) is 4.98 Å². The Labute approximate surface area is 118 Å². The molecule has 2 rings (SSSR count). The van der Waals surface area contributed by atoms with Crippen molar-refractivity contribution in [1.82, 2.24) is 4.98 Å². The molecular weight excluding hydrogens is 291 g/mol. The van der Waals surface area contributed by atoms with Crippen LogP contribution < -0.4 is 0 Å². The number of carbonyl (C=O) groups is 1. The lowest BCUT2D eigenvalue weighted by molar-refractivity contribution is -0.137. The van der Waals surface area contributed by atoms with Gasteiger partial charge in [0.1, 0.15) is 0 Å². The zero-order valence-electron chi connectivity index (χ0n) is 10.7. The third kappa shape index (κ3) is 2.72. The highest BCUT2D eigenvalue weighted by Gasteiger charge is 2.31. The van der Waals surface area contributed by atoms with Gasteiger partial charge in [0.25, 0.3) is 0 Å². The van der Waals surface area contributed by atoms with Gasteiger partial charge in [-0.2, -0.15) is 13.2 Å². The molecule has 1 aromatic heterocycles. The zero-order chi connectivity index (χ0) is 15.1. The molecule has 0 unspecified atom stereocenters. The fraction of sp³-hybridized carbons (Fsp3) is 0.214. The van der Waals surface area contributed by atoms with E-state index in [1.165, 1.54) is 13.0 Å². The smallest absolute Gasteiger partial charge is 0.352 e. The first kappa shape index (κ1) is 14.7. The minimum atomic E-state index is -4.44. The number of ketones is 1. The second kappa shape index (κ2) is 4.98. The summed E-state index contributed by atoms with van der Waals surface area (Å²) in [5, 5.41) is 0.193. The number of H-pyrrole nitrogens is 1. The van der Waals surface area contributed by atoms with Crippen LogP contribution in [-0.2, 0) is 6.18 Å². The van der Waals surface area contributed by atoms with Crippen LogP contribution in [0.4, 0.5) is 13.2 Å². The summed E-state index contributed by atoms with van der Waals surface area (Å²) in [6.45, 7) is 3.08. The molecule has 106 valence electrons. The van der Waals surface area contributed by atoms with Crippen molar-refractivity contribution in [1.29, 1.82) is 0 Å². The second-order valence-electron chi connectivity index (χ2n) is 4.49. The van der Waals surface area contributed by atoms with Crippen LogP contribution in [0, 0.1) is 6.92 Å². The Morgan fingerprint density at radius 1 is 1.25 bits per heavy atom. The zero-order valence-corrected chi connectivity index (χ0v) is 11.5. The molecule has 0 aliphatic rings. The first-order valence-corrected chi connectivity index (χ1v) is 6.15. The largest absolute Gasteiger partial charge is 0.416 e. The Kier molecular flexibility index (Phi) is 3.65. The van der Waals surface area contributed by atoms with E-state index in [1.54, 1.807) is 13.0 Å². The Hall–Kier alpha value is -1.75. The summed E-state index contributed by atoms with van der Waals surface area (Å²) in [4.78, 5) is 14.1. The lowest BCUT2D eigenvalue weighted by Gasteiger charge is -2.10. The Morgan fingerprint density at radius 2 is 1.90 bits per heavy atom. The van der Waals surface area contributed by atoms with Gasteiger partial charge in [-0.1, -0.05) is 11.6 Å². The normalized spacial score (nSPS) is 11.7. The highest BCUT2D eigenvalue weighted by Crippen LogP contribution is 2.36. The summed E-state index contributed by atoms with van der Waals surface area (Å²) in [7, 11) is 0. The van der Waals surface area contributed by atoms with Crippen LogP contribution in [0.1, 0.15) is 28.5 Å². The molecule has 1 aromatic carbocycles. The summed E-state index contributed by atoms with van der Waals surface area (Å²) in [6.07, 6.45) is -4.44. The topological polar surface area (TPSA) is 32.9 Å². The standard InChI is InChI=1S/C14H11ClF3NO/c1-7-5-12(8(2)20)19-13(7)10-6-9(14(16,17)18)3-4-11(10)15/h3-6,19H,1-2H3. The SMILES string of the molecule is CC(=O)c1cc(C)c(-c2cc(C(F)(F)F)ccc2Cl)[nH]1. The van der Waals surface area contributed by atoms with Gasteiger partial charge in [0.15, 0.2) is 5.78 Å². The van der Waals surface area contributed by atoms with Crippen molar-refractivity contribution in [3.8, 4) is 11.3 Å². The molecule has 0 saturated heterocycles. The highest BCUT2D eigenvalue weighted by atomic mass is 35.5. The van der Waals surface area contributed by atoms with Crippen LogP contribution in [0.2, 0.25) is 5.02 Å². The summed E-state index contributed by atoms with van der Waals surface area (Å²) in [5.41, 5.74) is 0.871. The van der Waals surface area contributed by atoms with Crippen molar-refractivity contribution in [2.24, 2.45) is 0 Å². The van der Waals surface area contributed by atoms with Crippen molar-refractivity contribution in [2.75, 3.05) is 0 Å². The molecule has 0 atom stereocenters. The van der Waals surface area contributed by atoms with Gasteiger partial charge in [0.05, 0.1) is 17.0 Å². The van der Waals surface area contributed by atoms with E-state index in [9.17, 15) is 18.0 Å². The van der Waals surface area contributed by atoms with Gasteiger partial charge >= 0.3 is 6.18 Å². The Balaban J connectivity index is 2.60. The predicted octanol–water partition coefficient (Wildman–Crippen LogP) is 4.86. The first-order valence-electron chi connectivity index (χ1n) is 5.78. The number of hydrogen-bond acceptors (Lipinski definition) is 1. The van der Waals surface area contributed by atoms with Crippen LogP contribution in [0.25, 0.3) is 11.3 Å². The minimum Gasteiger partial charge on any atom is -0.352 e. The number of rotatable bonds is 2. The second-order valence-corrected chi connectivity index (χ2v) is 4.90. The number of aromatic amines is 1. The lowest BCUT2D eigenvalue weighted by Crippen LogP contribution is -2.05. The molecule has 0 radical (unpaired) electrons. The van der Waals surface area contributed by atoms with Crippen molar-refractivity contribution >= 4 is 17.4 Å². The molecule has 1 N–H and O–H groups in total. The van der Waals surface area contributed by atoms with Crippen LogP contribution in [0.5, 0.6) is 0 Å². The van der Waals surface area contributed by atoms with Crippen molar-refractivity contribution in [3.63, 3.8) is 0 Å². The van der Waals surface area contributed by atoms with Crippen molar-refractivity contribution < 1.29 is 18.0 Å². The van der Waals surface area contributed by atoms with Crippen molar-refractivity contribution in [3.05, 3.63) is 46.1 Å². The van der Waals surface area contributed by atoms with Gasteiger partial charge < -0.3 is 4.98 Å². The van der Waals surface area contributed by atoms with Gasteiger partial charge in [-0.3, -0.25) is 4.79 Å². The lowest BCUT2D eigenvalue weighted by atomic mass is 10.1. The third-order valence-electron chi connectivity index (χ3n) is 2.96. The molecule has 0 aliphatic carbocycles. The maximum absolute atomic E-state index is 12.7. The summed E-state index contributed by atoms with van der Waals surface area (Å²) < 4.78 is 38.2. The number of aromatic nitrogens is 1. The summed E-state index contributed by atoms with van der Waals surface area (Å²) in [5.74, 6) is -0.192. The number of benzene rings is 1. The van der Waals surface area contributed by atoms with E-state index in [0.717, 1.165) is 12.1 Å². The first-order chi connectivity index (χ1) is 9.20. The van der Waals surface area contributed by atoms with Gasteiger partial charge in [0, 0.05) is 17.5 Å². The van der Waals surface area contributed by atoms with Crippen LogP contribution in [0.15, 0.2) is 24.3 Å². The highest BCUT2D eigenvalue weighted by molar-refractivity contribution is 6.33. The Bertz CT molecular complexity index is 674. The monoisotopic (exact) mass is 301 g/mol. The van der Waals surface area contributed by atoms with Gasteiger partial charge in [-0.25, -0.2) is 0 Å². The fourth-order valence-electron chi connectivity index (χ4n) is 1.92. The molecular formula is C14H11ClF3NO. The van der Waals surface area contributed by atoms with Gasteiger partial charge in [-0.15, -0.1) is 0 Å². The number of nitrogens with one attached hydrogen (secondary N) is 1. The third-order valence-corrected chi connectivity index (χ3v) is 3.29. The van der Waals surface area contributed by atoms with E-state index < -0.39 is 11.7 Å². The Morgan fingerprint density at radius 3 is 2.40 bits per heavy atom. The number of Topliss-reactive ketones (excluding diaryl/α,β-unsaturated/α-hetero) is 1.